The van der Waals surface area contributed by atoms with Crippen LogP contribution in [0, 0.1) is 12.3 Å². The number of terminal acetylenes is 1. The minimum atomic E-state index is -0.798. The quantitative estimate of drug-likeness (QED) is 0.400. The average molecular weight is 346 g/mol. The lowest BCUT2D eigenvalue weighted by molar-refractivity contribution is -0.145. The minimum absolute atomic E-state index is 0.102. The summed E-state index contributed by atoms with van der Waals surface area (Å²) in [6.45, 7) is -0.207. The molecule has 25 heavy (non-hydrogen) atoms. The third-order valence-corrected chi connectivity index (χ3v) is 3.24. The molecule has 0 aliphatic heterocycles. The minimum Gasteiger partial charge on any atom is -0.467 e. The van der Waals surface area contributed by atoms with Gasteiger partial charge in [0.05, 0.1) is 7.11 Å². The molecule has 134 valence electrons. The molecule has 2 N–H and O–H groups in total. The van der Waals surface area contributed by atoms with E-state index in [1.165, 1.54) is 7.11 Å². The van der Waals surface area contributed by atoms with Gasteiger partial charge < -0.3 is 20.1 Å². The topological polar surface area (TPSA) is 93.7 Å². The molecule has 0 fully saturated rings. The number of hydrogen-bond acceptors (Lipinski definition) is 5. The van der Waals surface area contributed by atoms with Crippen molar-refractivity contribution >= 4 is 18.0 Å². The van der Waals surface area contributed by atoms with Crippen LogP contribution in [0.4, 0.5) is 4.79 Å². The van der Waals surface area contributed by atoms with Crippen LogP contribution in [-0.4, -0.2) is 37.7 Å². The number of ether oxygens (including phenoxy) is 2. The highest BCUT2D eigenvalue weighted by Crippen LogP contribution is 2.03. The van der Waals surface area contributed by atoms with Gasteiger partial charge in [0, 0.05) is 6.42 Å². The number of carbonyl (C=O) groups excluding carboxylic acids is 3. The van der Waals surface area contributed by atoms with Gasteiger partial charge in [-0.1, -0.05) is 30.3 Å². The number of amides is 2. The van der Waals surface area contributed by atoms with Crippen LogP contribution in [0.1, 0.15) is 24.8 Å². The normalized spacial score (nSPS) is 10.9. The van der Waals surface area contributed by atoms with Gasteiger partial charge in [-0.25, -0.2) is 9.59 Å². The molecule has 1 aromatic rings. The van der Waals surface area contributed by atoms with Crippen molar-refractivity contribution in [2.75, 3.05) is 13.7 Å². The van der Waals surface area contributed by atoms with Crippen molar-refractivity contribution in [3.05, 3.63) is 35.9 Å². The van der Waals surface area contributed by atoms with E-state index in [-0.39, 0.29) is 13.2 Å². The van der Waals surface area contributed by atoms with E-state index in [0.717, 1.165) is 5.56 Å². The summed E-state index contributed by atoms with van der Waals surface area (Å²) in [5.74, 6) is 1.38. The highest BCUT2D eigenvalue weighted by atomic mass is 16.5. The van der Waals surface area contributed by atoms with Crippen molar-refractivity contribution in [2.45, 2.75) is 31.9 Å². The second kappa shape index (κ2) is 11.5. The number of unbranched alkanes of at least 4 members (excludes halogenated alkanes) is 1. The summed E-state index contributed by atoms with van der Waals surface area (Å²) < 4.78 is 9.63. The molecular formula is C18H22N2O5. The Kier molecular flexibility index (Phi) is 9.23. The Morgan fingerprint density at radius 3 is 2.60 bits per heavy atom. The van der Waals surface area contributed by atoms with E-state index < -0.39 is 24.0 Å². The predicted molar refractivity (Wildman–Crippen MR) is 91.3 cm³/mol. The number of alkyl carbamates (subject to hydrolysis) is 1. The maximum Gasteiger partial charge on any atom is 0.407 e. The number of benzene rings is 1. The van der Waals surface area contributed by atoms with Gasteiger partial charge in [-0.3, -0.25) is 4.79 Å². The Labute approximate surface area is 147 Å². The first-order valence-electron chi connectivity index (χ1n) is 7.82. The molecule has 0 bridgehead atoms. The van der Waals surface area contributed by atoms with Gasteiger partial charge in [-0.05, 0) is 18.4 Å². The van der Waals surface area contributed by atoms with Crippen molar-refractivity contribution in [3.8, 4) is 12.3 Å². The lowest BCUT2D eigenvalue weighted by Crippen LogP contribution is -2.46. The van der Waals surface area contributed by atoms with E-state index in [2.05, 4.69) is 21.3 Å². The van der Waals surface area contributed by atoms with Gasteiger partial charge in [0.2, 0.25) is 5.91 Å². The molecule has 0 heterocycles. The van der Waals surface area contributed by atoms with Gasteiger partial charge in [0.1, 0.15) is 19.2 Å². The first-order valence-corrected chi connectivity index (χ1v) is 7.82. The van der Waals surface area contributed by atoms with Crippen LogP contribution in [-0.2, 0) is 25.7 Å². The SMILES string of the molecule is C#CCCC[C@@H](NC(=O)CNC(=O)OCc1ccccc1)C(=O)OC. The van der Waals surface area contributed by atoms with E-state index in [4.69, 9.17) is 11.2 Å². The number of esters is 1. The average Bonchev–Trinajstić information content (AvgIpc) is 2.64. The fourth-order valence-electron chi connectivity index (χ4n) is 1.97. The summed E-state index contributed by atoms with van der Waals surface area (Å²) in [5, 5.41) is 4.83. The van der Waals surface area contributed by atoms with Crippen LogP contribution in [0.3, 0.4) is 0 Å². The van der Waals surface area contributed by atoms with Gasteiger partial charge in [-0.2, -0.15) is 0 Å². The first-order chi connectivity index (χ1) is 12.1. The predicted octanol–water partition coefficient (Wildman–Crippen LogP) is 1.37. The van der Waals surface area contributed by atoms with Crippen molar-refractivity contribution in [3.63, 3.8) is 0 Å². The molecule has 0 aliphatic carbocycles. The fourth-order valence-corrected chi connectivity index (χ4v) is 1.97. The Bertz CT molecular complexity index is 610. The van der Waals surface area contributed by atoms with E-state index in [1.807, 2.05) is 30.3 Å². The molecule has 0 unspecified atom stereocenters. The smallest absolute Gasteiger partial charge is 0.407 e. The molecule has 1 aromatic carbocycles. The van der Waals surface area contributed by atoms with Crippen LogP contribution in [0.2, 0.25) is 0 Å². The maximum absolute atomic E-state index is 11.9. The summed E-state index contributed by atoms with van der Waals surface area (Å²) >= 11 is 0. The monoisotopic (exact) mass is 346 g/mol. The molecule has 0 saturated heterocycles. The van der Waals surface area contributed by atoms with Crippen LogP contribution < -0.4 is 10.6 Å². The zero-order chi connectivity index (χ0) is 18.5. The molecule has 0 radical (unpaired) electrons. The van der Waals surface area contributed by atoms with E-state index in [0.29, 0.717) is 19.3 Å². The van der Waals surface area contributed by atoms with Gasteiger partial charge in [0.25, 0.3) is 0 Å². The third-order valence-electron chi connectivity index (χ3n) is 3.24. The Hall–Kier alpha value is -3.01. The molecule has 0 aliphatic rings. The van der Waals surface area contributed by atoms with Crippen LogP contribution in [0.25, 0.3) is 0 Å². The molecule has 0 spiro atoms. The Morgan fingerprint density at radius 2 is 1.96 bits per heavy atom. The van der Waals surface area contributed by atoms with Crippen LogP contribution in [0.5, 0.6) is 0 Å². The highest BCUT2D eigenvalue weighted by Gasteiger charge is 2.21. The summed E-state index contributed by atoms with van der Waals surface area (Å²) in [5.41, 5.74) is 0.835. The van der Waals surface area contributed by atoms with Gasteiger partial charge in [0.15, 0.2) is 0 Å². The molecule has 7 heteroatoms. The standard InChI is InChI=1S/C18H22N2O5/c1-3-4-6-11-15(17(22)24-2)20-16(21)12-19-18(23)25-13-14-9-7-5-8-10-14/h1,5,7-10,15H,4,6,11-13H2,2H3,(H,19,23)(H,20,21)/t15-/m1/s1. The zero-order valence-corrected chi connectivity index (χ0v) is 14.1. The van der Waals surface area contributed by atoms with Crippen molar-refractivity contribution in [2.24, 2.45) is 0 Å². The molecular weight excluding hydrogens is 324 g/mol. The number of carbonyl (C=O) groups is 3. The molecule has 0 saturated carbocycles. The lowest BCUT2D eigenvalue weighted by atomic mass is 10.1. The largest absolute Gasteiger partial charge is 0.467 e. The number of nitrogens with one attached hydrogen (secondary N) is 2. The maximum atomic E-state index is 11.9. The van der Waals surface area contributed by atoms with Crippen molar-refractivity contribution < 1.29 is 23.9 Å². The van der Waals surface area contributed by atoms with E-state index in [1.54, 1.807) is 0 Å². The van der Waals surface area contributed by atoms with Crippen molar-refractivity contribution in [1.82, 2.24) is 10.6 Å². The van der Waals surface area contributed by atoms with Crippen LogP contribution in [0.15, 0.2) is 30.3 Å². The zero-order valence-electron chi connectivity index (χ0n) is 14.1. The number of rotatable bonds is 9. The number of methoxy groups -OCH3 is 1. The summed E-state index contributed by atoms with van der Waals surface area (Å²) in [6, 6.07) is 8.35. The molecule has 7 nitrogen and oxygen atoms in total. The highest BCUT2D eigenvalue weighted by molar-refractivity contribution is 5.87. The van der Waals surface area contributed by atoms with Gasteiger partial charge in [-0.15, -0.1) is 12.3 Å². The summed E-state index contributed by atoms with van der Waals surface area (Å²) in [7, 11) is 1.24. The third kappa shape index (κ3) is 8.42. The lowest BCUT2D eigenvalue weighted by Gasteiger charge is -2.16. The Morgan fingerprint density at radius 1 is 1.24 bits per heavy atom. The molecule has 0 aromatic heterocycles. The molecule has 1 rings (SSSR count). The van der Waals surface area contributed by atoms with E-state index in [9.17, 15) is 14.4 Å². The second-order valence-corrected chi connectivity index (χ2v) is 5.15. The second-order valence-electron chi connectivity index (χ2n) is 5.15. The summed E-state index contributed by atoms with van der Waals surface area (Å²) in [4.78, 5) is 35.1. The first kappa shape index (κ1) is 20.0. The molecule has 2 amide bonds. The fraction of sp³-hybridized carbons (Fsp3) is 0.389. The number of hydrogen-bond donors (Lipinski definition) is 2. The summed E-state index contributed by atoms with van der Waals surface area (Å²) in [6.07, 6.45) is 5.87. The Balaban J connectivity index is 2.34. The van der Waals surface area contributed by atoms with Crippen molar-refractivity contribution in [1.29, 1.82) is 0 Å². The molecule has 1 atom stereocenters. The van der Waals surface area contributed by atoms with Crippen LogP contribution >= 0.6 is 0 Å². The van der Waals surface area contributed by atoms with Gasteiger partial charge >= 0.3 is 12.1 Å². The van der Waals surface area contributed by atoms with E-state index >= 15 is 0 Å².